The van der Waals surface area contributed by atoms with E-state index in [0.717, 1.165) is 21.9 Å². The van der Waals surface area contributed by atoms with Gasteiger partial charge in [-0.25, -0.2) is 4.68 Å². The lowest BCUT2D eigenvalue weighted by Crippen LogP contribution is -2.24. The summed E-state index contributed by atoms with van der Waals surface area (Å²) in [6.45, 7) is 4.17. The summed E-state index contributed by atoms with van der Waals surface area (Å²) in [4.78, 5) is 24.8. The monoisotopic (exact) mass is 484 g/mol. The number of halogens is 3. The Morgan fingerprint density at radius 3 is 2.40 bits per heavy atom. The molecule has 0 saturated carbocycles. The predicted molar refractivity (Wildman–Crippen MR) is 124 cm³/mol. The van der Waals surface area contributed by atoms with Crippen molar-refractivity contribution in [3.8, 4) is 5.69 Å². The average molecular weight is 484 g/mol. The molecule has 0 saturated heterocycles. The minimum absolute atomic E-state index is 0.246. The van der Waals surface area contributed by atoms with E-state index in [2.05, 4.69) is 10.4 Å². The fourth-order valence-corrected chi connectivity index (χ4v) is 3.87. The number of ether oxygens (including phenoxy) is 1. The quantitative estimate of drug-likeness (QED) is 0.393. The van der Waals surface area contributed by atoms with E-state index in [4.69, 9.17) is 4.74 Å². The molecule has 0 aliphatic heterocycles. The van der Waals surface area contributed by atoms with Crippen LogP contribution < -0.4 is 5.32 Å². The lowest BCUT2D eigenvalue weighted by atomic mass is 10.2. The summed E-state index contributed by atoms with van der Waals surface area (Å²) < 4.78 is 47.9. The topological polar surface area (TPSA) is 78.2 Å². The molecule has 0 radical (unpaired) electrons. The van der Waals surface area contributed by atoms with Crippen molar-refractivity contribution in [3.05, 3.63) is 77.2 Å². The van der Waals surface area contributed by atoms with Crippen molar-refractivity contribution in [1.29, 1.82) is 0 Å². The zero-order chi connectivity index (χ0) is 25.3. The first-order chi connectivity index (χ1) is 16.5. The van der Waals surface area contributed by atoms with Gasteiger partial charge in [0.1, 0.15) is 12.2 Å². The van der Waals surface area contributed by atoms with Crippen LogP contribution in [-0.2, 0) is 27.0 Å². The van der Waals surface area contributed by atoms with Crippen LogP contribution in [0.3, 0.4) is 0 Å². The smallest absolute Gasteiger partial charge is 0.431 e. The molecular formula is C25H23F3N4O3. The maximum absolute atomic E-state index is 13.5. The van der Waals surface area contributed by atoms with Crippen LogP contribution in [0.2, 0.25) is 0 Å². The molecule has 0 spiro atoms. The van der Waals surface area contributed by atoms with Gasteiger partial charge < -0.3 is 14.6 Å². The summed E-state index contributed by atoms with van der Waals surface area (Å²) >= 11 is 0. The van der Waals surface area contributed by atoms with Gasteiger partial charge in [0.15, 0.2) is 6.61 Å². The molecule has 35 heavy (non-hydrogen) atoms. The van der Waals surface area contributed by atoms with Gasteiger partial charge in [0.2, 0.25) is 0 Å². The summed E-state index contributed by atoms with van der Waals surface area (Å²) in [6, 6.07) is 14.9. The second kappa shape index (κ2) is 9.28. The summed E-state index contributed by atoms with van der Waals surface area (Å²) in [7, 11) is 0. The van der Waals surface area contributed by atoms with Crippen LogP contribution >= 0.6 is 0 Å². The molecule has 0 aliphatic carbocycles. The van der Waals surface area contributed by atoms with E-state index in [1.165, 1.54) is 12.1 Å². The van der Waals surface area contributed by atoms with Crippen molar-refractivity contribution in [3.63, 3.8) is 0 Å². The van der Waals surface area contributed by atoms with E-state index in [9.17, 15) is 22.8 Å². The molecule has 4 rings (SSSR count). The number of anilines is 1. The second-order valence-corrected chi connectivity index (χ2v) is 8.17. The van der Waals surface area contributed by atoms with Gasteiger partial charge in [0.25, 0.3) is 5.91 Å². The molecular weight excluding hydrogens is 461 g/mol. The Kier molecular flexibility index (Phi) is 6.38. The molecule has 2 heterocycles. The second-order valence-electron chi connectivity index (χ2n) is 8.17. The van der Waals surface area contributed by atoms with Crippen molar-refractivity contribution >= 4 is 28.5 Å². The Bertz CT molecular complexity index is 1400. The average Bonchev–Trinajstić information content (AvgIpc) is 3.31. The van der Waals surface area contributed by atoms with E-state index in [1.54, 1.807) is 30.7 Å². The van der Waals surface area contributed by atoms with Crippen LogP contribution in [0.4, 0.5) is 18.9 Å². The molecule has 0 aliphatic rings. The molecule has 7 nitrogen and oxygen atoms in total. The van der Waals surface area contributed by atoms with Crippen molar-refractivity contribution in [1.82, 2.24) is 14.3 Å². The normalized spacial score (nSPS) is 11.6. The van der Waals surface area contributed by atoms with Gasteiger partial charge in [-0.05, 0) is 45.0 Å². The van der Waals surface area contributed by atoms with E-state index in [1.807, 2.05) is 31.2 Å². The molecule has 4 aromatic rings. The van der Waals surface area contributed by atoms with Crippen LogP contribution in [-0.4, -0.2) is 32.8 Å². The lowest BCUT2D eigenvalue weighted by molar-refractivity contribution is -0.151. The number of nitrogens with one attached hydrogen (secondary N) is 1. The molecule has 2 aromatic heterocycles. The Morgan fingerprint density at radius 1 is 1.03 bits per heavy atom. The molecule has 0 bridgehead atoms. The zero-order valence-electron chi connectivity index (χ0n) is 19.3. The van der Waals surface area contributed by atoms with Gasteiger partial charge >= 0.3 is 12.1 Å². The number of nitrogens with zero attached hydrogens (tertiary/aromatic N) is 3. The number of carbonyl (C=O) groups is 2. The summed E-state index contributed by atoms with van der Waals surface area (Å²) in [5.74, 6) is -1.59. The van der Waals surface area contributed by atoms with Gasteiger partial charge in [-0.2, -0.15) is 18.3 Å². The number of aromatic nitrogens is 3. The first-order valence-corrected chi connectivity index (χ1v) is 10.8. The van der Waals surface area contributed by atoms with Crippen molar-refractivity contribution in [2.75, 3.05) is 11.9 Å². The van der Waals surface area contributed by atoms with Crippen molar-refractivity contribution in [2.45, 2.75) is 33.5 Å². The molecule has 10 heteroatoms. The van der Waals surface area contributed by atoms with Crippen LogP contribution in [0.1, 0.15) is 22.6 Å². The van der Waals surface area contributed by atoms with Crippen molar-refractivity contribution < 1.29 is 27.5 Å². The number of fused-ring (bicyclic) bond motifs is 1. The zero-order valence-corrected chi connectivity index (χ0v) is 19.3. The number of hydrogen-bond acceptors (Lipinski definition) is 4. The SMILES string of the molecule is Cc1ccc(-n2nc(C)c(NC(=O)COC(=O)Cn3c(C(F)(F)F)cc4ccccc43)c2C)cc1. The van der Waals surface area contributed by atoms with Crippen molar-refractivity contribution in [2.24, 2.45) is 0 Å². The first-order valence-electron chi connectivity index (χ1n) is 10.8. The maximum Gasteiger partial charge on any atom is 0.431 e. The van der Waals surface area contributed by atoms with Crippen LogP contribution in [0.25, 0.3) is 16.6 Å². The highest BCUT2D eigenvalue weighted by Crippen LogP contribution is 2.34. The number of aryl methyl sites for hydroxylation is 2. The predicted octanol–water partition coefficient (Wildman–Crippen LogP) is 4.95. The fraction of sp³-hybridized carbons (Fsp3) is 0.240. The van der Waals surface area contributed by atoms with Crippen LogP contribution in [0.5, 0.6) is 0 Å². The fourth-order valence-electron chi connectivity index (χ4n) is 3.87. The largest absolute Gasteiger partial charge is 0.454 e. The lowest BCUT2D eigenvalue weighted by Gasteiger charge is -2.13. The van der Waals surface area contributed by atoms with Gasteiger partial charge in [0, 0.05) is 10.9 Å². The Hall–Kier alpha value is -4.08. The third kappa shape index (κ3) is 5.06. The standard InChI is InChI=1S/C25H23F3N4O3/c1-15-8-10-19(11-9-15)32-17(3)24(16(2)30-32)29-22(33)14-35-23(34)13-31-20-7-5-4-6-18(20)12-21(31)25(26,27)28/h4-12H,13-14H2,1-3H3,(H,29,33). The van der Waals surface area contributed by atoms with Gasteiger partial charge in [-0.3, -0.25) is 9.59 Å². The summed E-state index contributed by atoms with van der Waals surface area (Å²) in [5, 5.41) is 7.48. The number of amides is 1. The number of rotatable bonds is 6. The molecule has 1 amide bonds. The van der Waals surface area contributed by atoms with E-state index in [0.29, 0.717) is 22.5 Å². The van der Waals surface area contributed by atoms with E-state index in [-0.39, 0.29) is 5.52 Å². The Balaban J connectivity index is 1.43. The molecule has 182 valence electrons. The molecule has 0 atom stereocenters. The number of para-hydroxylation sites is 1. The number of esters is 1. The van der Waals surface area contributed by atoms with E-state index >= 15 is 0 Å². The number of benzene rings is 2. The Morgan fingerprint density at radius 2 is 1.71 bits per heavy atom. The number of hydrogen-bond donors (Lipinski definition) is 1. The molecule has 0 fully saturated rings. The third-order valence-electron chi connectivity index (χ3n) is 5.59. The van der Waals surface area contributed by atoms with Gasteiger partial charge in [-0.15, -0.1) is 0 Å². The number of alkyl halides is 3. The third-order valence-corrected chi connectivity index (χ3v) is 5.59. The highest BCUT2D eigenvalue weighted by atomic mass is 19.4. The molecule has 0 unspecified atom stereocenters. The van der Waals surface area contributed by atoms with E-state index < -0.39 is 36.9 Å². The van der Waals surface area contributed by atoms with Crippen LogP contribution in [0, 0.1) is 20.8 Å². The molecule has 1 N–H and O–H groups in total. The summed E-state index contributed by atoms with van der Waals surface area (Å²) in [5.41, 5.74) is 2.92. The van der Waals surface area contributed by atoms with Gasteiger partial charge in [-0.1, -0.05) is 35.9 Å². The van der Waals surface area contributed by atoms with Gasteiger partial charge in [0.05, 0.1) is 22.8 Å². The molecule has 2 aromatic carbocycles. The Labute approximate surface area is 199 Å². The minimum Gasteiger partial charge on any atom is -0.454 e. The first kappa shape index (κ1) is 24.1. The van der Waals surface area contributed by atoms with Crippen LogP contribution in [0.15, 0.2) is 54.6 Å². The highest BCUT2D eigenvalue weighted by molar-refractivity contribution is 5.94. The highest BCUT2D eigenvalue weighted by Gasteiger charge is 2.36. The maximum atomic E-state index is 13.5. The number of carbonyl (C=O) groups excluding carboxylic acids is 2. The minimum atomic E-state index is -4.65. The summed E-state index contributed by atoms with van der Waals surface area (Å²) in [6.07, 6.45) is -4.65.